The molecular formula is C22H28N2O7. The van der Waals surface area contributed by atoms with Gasteiger partial charge in [-0.25, -0.2) is 9.78 Å². The topological polar surface area (TPSA) is 131 Å². The van der Waals surface area contributed by atoms with E-state index in [0.29, 0.717) is 55.4 Å². The summed E-state index contributed by atoms with van der Waals surface area (Å²) in [5.41, 5.74) is 0.454. The Bertz CT molecular complexity index is 1030. The Kier molecular flexibility index (Phi) is 6.84. The Morgan fingerprint density at radius 2 is 2.06 bits per heavy atom. The second-order valence-corrected chi connectivity index (χ2v) is 7.75. The molecule has 1 aliphatic carbocycles. The van der Waals surface area contributed by atoms with Crippen molar-refractivity contribution in [2.24, 2.45) is 5.92 Å². The zero-order valence-electron chi connectivity index (χ0n) is 18.2. The maximum atomic E-state index is 12.4. The van der Waals surface area contributed by atoms with Crippen molar-refractivity contribution in [1.29, 1.82) is 0 Å². The number of aromatic carboxylic acids is 1. The van der Waals surface area contributed by atoms with Crippen LogP contribution in [0.5, 0.6) is 17.4 Å². The van der Waals surface area contributed by atoms with E-state index in [4.69, 9.17) is 14.2 Å². The lowest BCUT2D eigenvalue weighted by atomic mass is 9.76. The van der Waals surface area contributed by atoms with Gasteiger partial charge in [0.05, 0.1) is 24.6 Å². The normalized spacial score (nSPS) is 14.8. The summed E-state index contributed by atoms with van der Waals surface area (Å²) in [6.45, 7) is 7.14. The second-order valence-electron chi connectivity index (χ2n) is 7.75. The van der Waals surface area contributed by atoms with Crippen LogP contribution < -0.4 is 15.0 Å². The number of carboxylic acid groups (broad SMARTS) is 1. The Balaban J connectivity index is 2.17. The molecule has 0 radical (unpaired) electrons. The minimum atomic E-state index is -1.47. The van der Waals surface area contributed by atoms with Crippen LogP contribution in [0.4, 0.5) is 0 Å². The van der Waals surface area contributed by atoms with Crippen molar-refractivity contribution in [2.45, 2.75) is 39.5 Å². The Labute approximate surface area is 180 Å². The SMILES string of the molecule is CCOc1nc2c(cc1OCCCOC)CC(C(C)C)c1c-2[nH]c(=O)c(C(=O)O)c1O. The van der Waals surface area contributed by atoms with Crippen molar-refractivity contribution in [3.8, 4) is 28.8 Å². The van der Waals surface area contributed by atoms with Crippen molar-refractivity contribution < 1.29 is 29.2 Å². The summed E-state index contributed by atoms with van der Waals surface area (Å²) < 4.78 is 16.6. The summed E-state index contributed by atoms with van der Waals surface area (Å²) in [4.78, 5) is 31.2. The van der Waals surface area contributed by atoms with Crippen LogP contribution >= 0.6 is 0 Å². The Morgan fingerprint density at radius 3 is 2.68 bits per heavy atom. The molecule has 168 valence electrons. The highest BCUT2D eigenvalue weighted by Gasteiger charge is 2.35. The molecule has 1 aliphatic rings. The monoisotopic (exact) mass is 432 g/mol. The molecule has 2 heterocycles. The quantitative estimate of drug-likeness (QED) is 0.516. The number of carbonyl (C=O) groups is 1. The highest BCUT2D eigenvalue weighted by Crippen LogP contribution is 2.47. The van der Waals surface area contributed by atoms with Gasteiger partial charge in [-0.15, -0.1) is 0 Å². The molecule has 2 aromatic heterocycles. The third-order valence-electron chi connectivity index (χ3n) is 5.36. The molecule has 9 heteroatoms. The fourth-order valence-electron chi connectivity index (χ4n) is 3.88. The minimum Gasteiger partial charge on any atom is -0.506 e. The average Bonchev–Trinajstić information content (AvgIpc) is 2.70. The van der Waals surface area contributed by atoms with Crippen LogP contribution in [0.2, 0.25) is 0 Å². The molecule has 3 rings (SSSR count). The first-order valence-corrected chi connectivity index (χ1v) is 10.3. The van der Waals surface area contributed by atoms with E-state index in [2.05, 4.69) is 9.97 Å². The molecule has 0 aliphatic heterocycles. The molecule has 2 aromatic rings. The summed E-state index contributed by atoms with van der Waals surface area (Å²) >= 11 is 0. The van der Waals surface area contributed by atoms with Crippen LogP contribution in [0.15, 0.2) is 10.9 Å². The molecule has 0 amide bonds. The standard InChI is InChI=1S/C22H28N2O7/c1-5-30-21-14(31-8-6-7-29-4)10-12-9-13(11(2)3)15-18(17(12)24-21)23-20(26)16(19(15)25)22(27)28/h10-11,13H,5-9H2,1-4H3,(H,27,28)(H2,23,25,26). The highest BCUT2D eigenvalue weighted by molar-refractivity contribution is 5.92. The molecule has 0 aromatic carbocycles. The van der Waals surface area contributed by atoms with Gasteiger partial charge in [0.1, 0.15) is 5.75 Å². The van der Waals surface area contributed by atoms with Crippen molar-refractivity contribution >= 4 is 5.97 Å². The van der Waals surface area contributed by atoms with Gasteiger partial charge in [0, 0.05) is 25.7 Å². The van der Waals surface area contributed by atoms with E-state index in [9.17, 15) is 19.8 Å². The van der Waals surface area contributed by atoms with Crippen LogP contribution in [0.3, 0.4) is 0 Å². The Hall–Kier alpha value is -3.07. The van der Waals surface area contributed by atoms with Gasteiger partial charge < -0.3 is 29.4 Å². The maximum Gasteiger partial charge on any atom is 0.345 e. The third-order valence-corrected chi connectivity index (χ3v) is 5.36. The number of hydrogen-bond donors (Lipinski definition) is 3. The van der Waals surface area contributed by atoms with E-state index >= 15 is 0 Å². The van der Waals surface area contributed by atoms with Crippen molar-refractivity contribution in [3.05, 3.63) is 33.1 Å². The van der Waals surface area contributed by atoms with Gasteiger partial charge in [0.2, 0.25) is 0 Å². The molecule has 0 saturated heterocycles. The first kappa shape index (κ1) is 22.6. The molecule has 1 atom stereocenters. The first-order valence-electron chi connectivity index (χ1n) is 10.3. The summed E-state index contributed by atoms with van der Waals surface area (Å²) in [6, 6.07) is 1.85. The molecule has 1 unspecified atom stereocenters. The van der Waals surface area contributed by atoms with E-state index in [-0.39, 0.29) is 17.7 Å². The number of aromatic nitrogens is 2. The van der Waals surface area contributed by atoms with Gasteiger partial charge in [-0.05, 0) is 36.8 Å². The van der Waals surface area contributed by atoms with E-state index in [1.54, 1.807) is 7.11 Å². The fraction of sp³-hybridized carbons (Fsp3) is 0.500. The van der Waals surface area contributed by atoms with Crippen molar-refractivity contribution in [3.63, 3.8) is 0 Å². The third kappa shape index (κ3) is 4.36. The second kappa shape index (κ2) is 9.38. The first-order chi connectivity index (χ1) is 14.8. The number of nitrogens with zero attached hydrogens (tertiary/aromatic N) is 1. The molecular weight excluding hydrogens is 404 g/mol. The maximum absolute atomic E-state index is 12.4. The number of nitrogens with one attached hydrogen (secondary N) is 1. The van der Waals surface area contributed by atoms with Gasteiger partial charge in [-0.3, -0.25) is 4.79 Å². The average molecular weight is 432 g/mol. The lowest BCUT2D eigenvalue weighted by molar-refractivity contribution is 0.0691. The minimum absolute atomic E-state index is 0.0722. The predicted molar refractivity (Wildman–Crippen MR) is 113 cm³/mol. The number of fused-ring (bicyclic) bond motifs is 3. The molecule has 0 spiro atoms. The number of aromatic hydroxyl groups is 1. The Morgan fingerprint density at radius 1 is 1.32 bits per heavy atom. The summed E-state index contributed by atoms with van der Waals surface area (Å²) in [5.74, 6) is -1.35. The number of hydrogen-bond acceptors (Lipinski definition) is 7. The van der Waals surface area contributed by atoms with E-state index in [1.807, 2.05) is 26.8 Å². The van der Waals surface area contributed by atoms with Crippen LogP contribution in [-0.4, -0.2) is 53.1 Å². The number of methoxy groups -OCH3 is 1. The fourth-order valence-corrected chi connectivity index (χ4v) is 3.88. The van der Waals surface area contributed by atoms with Crippen LogP contribution in [0.25, 0.3) is 11.4 Å². The number of rotatable bonds is 9. The van der Waals surface area contributed by atoms with E-state index in [0.717, 1.165) is 5.56 Å². The van der Waals surface area contributed by atoms with Gasteiger partial charge in [-0.1, -0.05) is 13.8 Å². The number of ether oxygens (including phenoxy) is 3. The lowest BCUT2D eigenvalue weighted by Gasteiger charge is -2.31. The van der Waals surface area contributed by atoms with Crippen LogP contribution in [0.1, 0.15) is 54.6 Å². The molecule has 9 nitrogen and oxygen atoms in total. The molecule has 3 N–H and O–H groups in total. The number of aromatic amines is 1. The highest BCUT2D eigenvalue weighted by atomic mass is 16.5. The molecule has 0 bridgehead atoms. The zero-order chi connectivity index (χ0) is 22.7. The van der Waals surface area contributed by atoms with Gasteiger partial charge >= 0.3 is 5.97 Å². The van der Waals surface area contributed by atoms with E-state index in [1.165, 1.54) is 0 Å². The van der Waals surface area contributed by atoms with Crippen molar-refractivity contribution in [2.75, 3.05) is 26.9 Å². The van der Waals surface area contributed by atoms with Crippen molar-refractivity contribution in [1.82, 2.24) is 9.97 Å². The van der Waals surface area contributed by atoms with Crippen LogP contribution in [-0.2, 0) is 11.2 Å². The number of pyridine rings is 2. The number of carboxylic acids is 1. The van der Waals surface area contributed by atoms with Gasteiger partial charge in [0.25, 0.3) is 11.4 Å². The summed E-state index contributed by atoms with van der Waals surface area (Å²) in [7, 11) is 1.63. The molecule has 0 saturated carbocycles. The zero-order valence-corrected chi connectivity index (χ0v) is 18.2. The predicted octanol–water partition coefficient (Wildman–Crippen LogP) is 2.95. The molecule has 0 fully saturated rings. The van der Waals surface area contributed by atoms with Gasteiger partial charge in [-0.2, -0.15) is 0 Å². The largest absolute Gasteiger partial charge is 0.506 e. The van der Waals surface area contributed by atoms with E-state index < -0.39 is 22.8 Å². The lowest BCUT2D eigenvalue weighted by Crippen LogP contribution is -2.26. The molecule has 31 heavy (non-hydrogen) atoms. The summed E-state index contributed by atoms with van der Waals surface area (Å²) in [6.07, 6.45) is 1.21. The summed E-state index contributed by atoms with van der Waals surface area (Å²) in [5, 5.41) is 20.1. The van der Waals surface area contributed by atoms with Crippen LogP contribution in [0, 0.1) is 5.92 Å². The van der Waals surface area contributed by atoms with Gasteiger partial charge in [0.15, 0.2) is 11.3 Å². The number of H-pyrrole nitrogens is 1. The smallest absolute Gasteiger partial charge is 0.345 e.